The fourth-order valence-corrected chi connectivity index (χ4v) is 4.19. The van der Waals surface area contributed by atoms with Crippen molar-refractivity contribution in [3.8, 4) is 0 Å². The molecule has 2 fully saturated rings. The molecule has 0 aromatic heterocycles. The highest BCUT2D eigenvalue weighted by Crippen LogP contribution is 2.31. The predicted octanol–water partition coefficient (Wildman–Crippen LogP) is 1.90. The molecule has 3 rings (SSSR count). The minimum Gasteiger partial charge on any atom is -0.369 e. The lowest BCUT2D eigenvalue weighted by Crippen LogP contribution is -2.56. The van der Waals surface area contributed by atoms with Gasteiger partial charge < -0.3 is 14.5 Å². The van der Waals surface area contributed by atoms with Crippen molar-refractivity contribution in [2.24, 2.45) is 0 Å². The number of carbonyl (C=O) groups is 2. The zero-order valence-corrected chi connectivity index (χ0v) is 14.3. The number of amides is 2. The summed E-state index contributed by atoms with van der Waals surface area (Å²) in [6.45, 7) is 4.70. The van der Waals surface area contributed by atoms with Crippen LogP contribution in [0.15, 0.2) is 30.3 Å². The third-order valence-corrected chi connectivity index (χ3v) is 5.38. The molecule has 2 aliphatic heterocycles. The Balaban J connectivity index is 1.74. The molecule has 0 aliphatic carbocycles. The Morgan fingerprint density at radius 3 is 2.70 bits per heavy atom. The zero-order chi connectivity index (χ0) is 16.4. The molecule has 1 aromatic rings. The quantitative estimate of drug-likeness (QED) is 0.847. The van der Waals surface area contributed by atoms with E-state index in [4.69, 9.17) is 4.74 Å². The number of thioether (sulfide) groups is 1. The minimum absolute atomic E-state index is 0.00470. The molecule has 0 spiro atoms. The second-order valence-corrected chi connectivity index (χ2v) is 7.08. The van der Waals surface area contributed by atoms with E-state index >= 15 is 0 Å². The van der Waals surface area contributed by atoms with Crippen molar-refractivity contribution < 1.29 is 14.3 Å². The van der Waals surface area contributed by atoms with Crippen LogP contribution >= 0.6 is 11.8 Å². The highest BCUT2D eigenvalue weighted by molar-refractivity contribution is 8.00. The van der Waals surface area contributed by atoms with Crippen LogP contribution in [0.5, 0.6) is 0 Å². The van der Waals surface area contributed by atoms with E-state index in [1.807, 2.05) is 49.1 Å². The van der Waals surface area contributed by atoms with Crippen LogP contribution in [-0.2, 0) is 14.3 Å². The molecule has 124 valence electrons. The van der Waals surface area contributed by atoms with Crippen molar-refractivity contribution in [2.45, 2.75) is 32.0 Å². The summed E-state index contributed by atoms with van der Waals surface area (Å²) in [6.07, 6.45) is -0.125. The number of ether oxygens (including phenoxy) is 1. The normalized spacial score (nSPS) is 28.3. The molecule has 2 heterocycles. The van der Waals surface area contributed by atoms with Crippen LogP contribution in [0.4, 0.5) is 0 Å². The molecule has 2 amide bonds. The summed E-state index contributed by atoms with van der Waals surface area (Å²) in [7, 11) is 0. The maximum Gasteiger partial charge on any atom is 0.242 e. The molecule has 0 radical (unpaired) electrons. The van der Waals surface area contributed by atoms with Crippen LogP contribution in [0.25, 0.3) is 0 Å². The van der Waals surface area contributed by atoms with E-state index in [1.54, 1.807) is 16.7 Å². The molecule has 2 saturated heterocycles. The number of carbonyl (C=O) groups excluding carboxylic acids is 2. The van der Waals surface area contributed by atoms with E-state index in [9.17, 15) is 9.59 Å². The Morgan fingerprint density at radius 1 is 1.30 bits per heavy atom. The van der Waals surface area contributed by atoms with Gasteiger partial charge in [0.05, 0.1) is 30.3 Å². The number of nitrogens with zero attached hydrogens (tertiary/aromatic N) is 2. The number of rotatable bonds is 3. The van der Waals surface area contributed by atoms with Gasteiger partial charge in [-0.25, -0.2) is 0 Å². The highest BCUT2D eigenvalue weighted by Gasteiger charge is 2.38. The Kier molecular flexibility index (Phi) is 4.92. The molecule has 0 bridgehead atoms. The van der Waals surface area contributed by atoms with E-state index in [-0.39, 0.29) is 36.5 Å². The summed E-state index contributed by atoms with van der Waals surface area (Å²) < 4.78 is 5.98. The largest absolute Gasteiger partial charge is 0.369 e. The Hall–Kier alpha value is -1.53. The molecule has 2 aliphatic rings. The van der Waals surface area contributed by atoms with Crippen molar-refractivity contribution >= 4 is 23.6 Å². The van der Waals surface area contributed by atoms with Crippen molar-refractivity contribution in [1.29, 1.82) is 0 Å². The summed E-state index contributed by atoms with van der Waals surface area (Å²) >= 11 is 1.56. The first-order valence-electron chi connectivity index (χ1n) is 7.91. The number of hydrogen-bond acceptors (Lipinski definition) is 4. The predicted molar refractivity (Wildman–Crippen MR) is 89.9 cm³/mol. The summed E-state index contributed by atoms with van der Waals surface area (Å²) in [4.78, 5) is 28.0. The molecule has 3 atom stereocenters. The molecule has 23 heavy (non-hydrogen) atoms. The van der Waals surface area contributed by atoms with Crippen LogP contribution in [-0.4, -0.2) is 58.5 Å². The monoisotopic (exact) mass is 334 g/mol. The SMILES string of the molecule is C[C@@H]1CO[C@@H](c2ccccc2)[C@H](C)N1C(=O)CN1CSCC1=O. The van der Waals surface area contributed by atoms with Gasteiger partial charge in [0.15, 0.2) is 0 Å². The van der Waals surface area contributed by atoms with Gasteiger partial charge in [-0.1, -0.05) is 30.3 Å². The second-order valence-electron chi connectivity index (χ2n) is 6.12. The van der Waals surface area contributed by atoms with Gasteiger partial charge >= 0.3 is 0 Å². The highest BCUT2D eigenvalue weighted by atomic mass is 32.2. The van der Waals surface area contributed by atoms with E-state index in [1.165, 1.54) is 0 Å². The van der Waals surface area contributed by atoms with Crippen LogP contribution in [0.3, 0.4) is 0 Å². The van der Waals surface area contributed by atoms with Crippen molar-refractivity contribution in [1.82, 2.24) is 9.80 Å². The van der Waals surface area contributed by atoms with Gasteiger partial charge in [-0.3, -0.25) is 9.59 Å². The summed E-state index contributed by atoms with van der Waals surface area (Å²) in [5.74, 6) is 1.15. The topological polar surface area (TPSA) is 49.9 Å². The second kappa shape index (κ2) is 6.93. The summed E-state index contributed by atoms with van der Waals surface area (Å²) in [6, 6.07) is 9.95. The Morgan fingerprint density at radius 2 is 2.04 bits per heavy atom. The van der Waals surface area contributed by atoms with Gasteiger partial charge in [0, 0.05) is 0 Å². The third kappa shape index (κ3) is 3.38. The van der Waals surface area contributed by atoms with Gasteiger partial charge in [-0.15, -0.1) is 11.8 Å². The molecule has 1 aromatic carbocycles. The standard InChI is InChI=1S/C17H22N2O3S/c1-12-9-22-17(14-6-4-3-5-7-14)13(2)19(12)15(20)8-18-11-23-10-16(18)21/h3-7,12-13,17H,8-11H2,1-2H3/t12-,13+,17-/m1/s1. The van der Waals surface area contributed by atoms with Gasteiger partial charge in [0.25, 0.3) is 0 Å². The average Bonchev–Trinajstić information content (AvgIpc) is 2.93. The van der Waals surface area contributed by atoms with E-state index in [2.05, 4.69) is 0 Å². The van der Waals surface area contributed by atoms with E-state index in [0.717, 1.165) is 5.56 Å². The maximum absolute atomic E-state index is 12.8. The van der Waals surface area contributed by atoms with E-state index in [0.29, 0.717) is 18.2 Å². The number of morpholine rings is 1. The molecule has 5 nitrogen and oxygen atoms in total. The third-order valence-electron chi connectivity index (χ3n) is 4.44. The van der Waals surface area contributed by atoms with Gasteiger partial charge in [-0.05, 0) is 19.4 Å². The van der Waals surface area contributed by atoms with Crippen LogP contribution in [0.2, 0.25) is 0 Å². The fraction of sp³-hybridized carbons (Fsp3) is 0.529. The summed E-state index contributed by atoms with van der Waals surface area (Å²) in [5, 5.41) is 0. The van der Waals surface area contributed by atoms with Crippen molar-refractivity contribution in [3.63, 3.8) is 0 Å². The number of hydrogen-bond donors (Lipinski definition) is 0. The van der Waals surface area contributed by atoms with Crippen LogP contribution in [0.1, 0.15) is 25.5 Å². The molecular formula is C17H22N2O3S. The van der Waals surface area contributed by atoms with Crippen molar-refractivity contribution in [3.05, 3.63) is 35.9 Å². The first-order valence-corrected chi connectivity index (χ1v) is 9.06. The molecular weight excluding hydrogens is 312 g/mol. The van der Waals surface area contributed by atoms with E-state index < -0.39 is 0 Å². The minimum atomic E-state index is -0.125. The summed E-state index contributed by atoms with van der Waals surface area (Å²) in [5.41, 5.74) is 1.08. The molecule has 0 unspecified atom stereocenters. The van der Waals surface area contributed by atoms with Gasteiger partial charge in [0.2, 0.25) is 11.8 Å². The molecule has 6 heteroatoms. The lowest BCUT2D eigenvalue weighted by atomic mass is 9.98. The van der Waals surface area contributed by atoms with Crippen LogP contribution in [0, 0.1) is 0 Å². The van der Waals surface area contributed by atoms with Gasteiger partial charge in [0.1, 0.15) is 12.6 Å². The smallest absolute Gasteiger partial charge is 0.242 e. The molecule has 0 saturated carbocycles. The first kappa shape index (κ1) is 16.3. The first-order chi connectivity index (χ1) is 11.1. The fourth-order valence-electron chi connectivity index (χ4n) is 3.29. The zero-order valence-electron chi connectivity index (χ0n) is 13.5. The van der Waals surface area contributed by atoms with Crippen LogP contribution < -0.4 is 0 Å². The lowest BCUT2D eigenvalue weighted by Gasteiger charge is -2.44. The number of benzene rings is 1. The van der Waals surface area contributed by atoms with Gasteiger partial charge in [-0.2, -0.15) is 0 Å². The Bertz CT molecular complexity index is 580. The lowest BCUT2D eigenvalue weighted by molar-refractivity contribution is -0.155. The Labute approximate surface area is 141 Å². The maximum atomic E-state index is 12.8. The average molecular weight is 334 g/mol. The van der Waals surface area contributed by atoms with Crippen molar-refractivity contribution in [2.75, 3.05) is 24.8 Å². The molecule has 0 N–H and O–H groups in total.